The van der Waals surface area contributed by atoms with Crippen LogP contribution in [0.3, 0.4) is 0 Å². The third-order valence-corrected chi connectivity index (χ3v) is 1.98. The van der Waals surface area contributed by atoms with Crippen LogP contribution in [-0.2, 0) is 11.3 Å². The molecule has 0 amide bonds. The van der Waals surface area contributed by atoms with Crippen molar-refractivity contribution in [2.75, 3.05) is 13.2 Å². The van der Waals surface area contributed by atoms with Gasteiger partial charge >= 0.3 is 0 Å². The van der Waals surface area contributed by atoms with Crippen molar-refractivity contribution in [1.29, 1.82) is 0 Å². The first-order valence-corrected chi connectivity index (χ1v) is 4.99. The largest absolute Gasteiger partial charge is 0.380 e. The Hall–Kier alpha value is -1.09. The van der Waals surface area contributed by atoms with Crippen LogP contribution < -0.4 is 5.56 Å². The maximum atomic E-state index is 11.4. The van der Waals surface area contributed by atoms with E-state index >= 15 is 0 Å². The Labute approximate surface area is 84.3 Å². The molecule has 1 aromatic rings. The number of aryl methyl sites for hydroxylation is 1. The summed E-state index contributed by atoms with van der Waals surface area (Å²) in [6.45, 7) is 5.99. The van der Waals surface area contributed by atoms with Gasteiger partial charge in [0.2, 0.25) is 0 Å². The first kappa shape index (κ1) is 11.0. The third-order valence-electron chi connectivity index (χ3n) is 1.98. The van der Waals surface area contributed by atoms with Crippen LogP contribution in [0.4, 0.5) is 0 Å². The van der Waals surface area contributed by atoms with E-state index in [0.717, 1.165) is 18.6 Å². The van der Waals surface area contributed by atoms with E-state index in [1.165, 1.54) is 0 Å². The summed E-state index contributed by atoms with van der Waals surface area (Å²) >= 11 is 0. The summed E-state index contributed by atoms with van der Waals surface area (Å²) in [6, 6.07) is 3.57. The highest BCUT2D eigenvalue weighted by Gasteiger charge is 1.95. The summed E-state index contributed by atoms with van der Waals surface area (Å²) in [5.74, 6) is 0. The highest BCUT2D eigenvalue weighted by atomic mass is 16.5. The number of ether oxygens (including phenoxy) is 1. The van der Waals surface area contributed by atoms with Gasteiger partial charge in [0.1, 0.15) is 0 Å². The van der Waals surface area contributed by atoms with Gasteiger partial charge in [-0.3, -0.25) is 4.79 Å². The van der Waals surface area contributed by atoms with Crippen molar-refractivity contribution >= 4 is 0 Å². The maximum Gasteiger partial charge on any atom is 0.250 e. The van der Waals surface area contributed by atoms with Crippen LogP contribution in [0.15, 0.2) is 23.1 Å². The number of rotatable bonds is 5. The summed E-state index contributed by atoms with van der Waals surface area (Å²) in [5.41, 5.74) is 1.05. The van der Waals surface area contributed by atoms with Gasteiger partial charge in [-0.05, 0) is 25.0 Å². The lowest BCUT2D eigenvalue weighted by Crippen LogP contribution is -2.21. The molecule has 14 heavy (non-hydrogen) atoms. The molecule has 0 saturated carbocycles. The van der Waals surface area contributed by atoms with E-state index in [1.54, 1.807) is 10.6 Å². The molecule has 0 aliphatic carbocycles. The second-order valence-electron chi connectivity index (χ2n) is 3.35. The lowest BCUT2D eigenvalue weighted by atomic mass is 10.3. The van der Waals surface area contributed by atoms with Crippen LogP contribution in [0.1, 0.15) is 18.9 Å². The summed E-state index contributed by atoms with van der Waals surface area (Å²) in [4.78, 5) is 11.4. The van der Waals surface area contributed by atoms with Gasteiger partial charge in [0.15, 0.2) is 0 Å². The molecular weight excluding hydrogens is 178 g/mol. The Morgan fingerprint density at radius 3 is 2.86 bits per heavy atom. The average Bonchev–Trinajstić information content (AvgIpc) is 2.15. The molecule has 0 spiro atoms. The number of nitrogens with zero attached hydrogens (tertiary/aromatic N) is 1. The molecular formula is C11H17NO2. The lowest BCUT2D eigenvalue weighted by Gasteiger charge is -2.05. The molecule has 3 heteroatoms. The predicted octanol–water partition coefficient (Wildman–Crippen LogP) is 1.58. The van der Waals surface area contributed by atoms with E-state index in [4.69, 9.17) is 4.74 Å². The van der Waals surface area contributed by atoms with Crippen LogP contribution >= 0.6 is 0 Å². The molecule has 1 heterocycles. The molecule has 0 atom stereocenters. The fraction of sp³-hybridized carbons (Fsp3) is 0.545. The zero-order valence-corrected chi connectivity index (χ0v) is 8.82. The van der Waals surface area contributed by atoms with Crippen molar-refractivity contribution in [3.8, 4) is 0 Å². The molecule has 3 nitrogen and oxygen atoms in total. The highest BCUT2D eigenvalue weighted by molar-refractivity contribution is 5.07. The Balaban J connectivity index is 2.47. The Bertz CT molecular complexity index is 330. The summed E-state index contributed by atoms with van der Waals surface area (Å²) in [6.07, 6.45) is 2.83. The van der Waals surface area contributed by atoms with E-state index < -0.39 is 0 Å². The van der Waals surface area contributed by atoms with Crippen molar-refractivity contribution < 1.29 is 4.74 Å². The quantitative estimate of drug-likeness (QED) is 0.668. The predicted molar refractivity (Wildman–Crippen MR) is 56.5 cm³/mol. The monoisotopic (exact) mass is 195 g/mol. The van der Waals surface area contributed by atoms with E-state index in [-0.39, 0.29) is 5.56 Å². The summed E-state index contributed by atoms with van der Waals surface area (Å²) in [5, 5.41) is 0. The first-order chi connectivity index (χ1) is 6.74. The van der Waals surface area contributed by atoms with Gasteiger partial charge in [-0.1, -0.05) is 6.92 Å². The van der Waals surface area contributed by atoms with Crippen molar-refractivity contribution in [1.82, 2.24) is 4.57 Å². The third kappa shape index (κ3) is 3.34. The molecule has 0 saturated heterocycles. The van der Waals surface area contributed by atoms with Gasteiger partial charge < -0.3 is 9.30 Å². The standard InChI is InChI=1S/C11H17NO2/c1-3-7-14-8-6-12-5-4-10(2)9-11(12)13/h4-5,9H,3,6-8H2,1-2H3. The van der Waals surface area contributed by atoms with Crippen LogP contribution in [-0.4, -0.2) is 17.8 Å². The number of pyridine rings is 1. The summed E-state index contributed by atoms with van der Waals surface area (Å²) in [7, 11) is 0. The first-order valence-electron chi connectivity index (χ1n) is 4.99. The van der Waals surface area contributed by atoms with Crippen LogP contribution in [0, 0.1) is 6.92 Å². The number of hydrogen-bond donors (Lipinski definition) is 0. The fourth-order valence-electron chi connectivity index (χ4n) is 1.20. The smallest absolute Gasteiger partial charge is 0.250 e. The topological polar surface area (TPSA) is 31.2 Å². The normalized spacial score (nSPS) is 10.4. The van der Waals surface area contributed by atoms with Gasteiger partial charge in [-0.2, -0.15) is 0 Å². The lowest BCUT2D eigenvalue weighted by molar-refractivity contribution is 0.126. The molecule has 1 aromatic heterocycles. The average molecular weight is 195 g/mol. The van der Waals surface area contributed by atoms with Gasteiger partial charge in [0.25, 0.3) is 5.56 Å². The molecule has 0 aromatic carbocycles. The second kappa shape index (κ2) is 5.60. The van der Waals surface area contributed by atoms with Crippen LogP contribution in [0.5, 0.6) is 0 Å². The minimum atomic E-state index is 0.0464. The zero-order chi connectivity index (χ0) is 10.4. The maximum absolute atomic E-state index is 11.4. The Morgan fingerprint density at radius 1 is 1.43 bits per heavy atom. The number of aromatic nitrogens is 1. The molecule has 78 valence electrons. The van der Waals surface area contributed by atoms with Crippen LogP contribution in [0.2, 0.25) is 0 Å². The minimum absolute atomic E-state index is 0.0464. The van der Waals surface area contributed by atoms with Gasteiger partial charge in [0, 0.05) is 25.4 Å². The molecule has 0 aliphatic heterocycles. The van der Waals surface area contributed by atoms with E-state index in [2.05, 4.69) is 6.92 Å². The zero-order valence-electron chi connectivity index (χ0n) is 8.82. The van der Waals surface area contributed by atoms with E-state index in [9.17, 15) is 4.79 Å². The molecule has 0 bridgehead atoms. The van der Waals surface area contributed by atoms with Crippen molar-refractivity contribution in [2.45, 2.75) is 26.8 Å². The Kier molecular flexibility index (Phi) is 4.40. The van der Waals surface area contributed by atoms with Crippen molar-refractivity contribution in [3.05, 3.63) is 34.2 Å². The molecule has 0 fully saturated rings. The molecule has 0 radical (unpaired) electrons. The SMILES string of the molecule is CCCOCCn1ccc(C)cc1=O. The highest BCUT2D eigenvalue weighted by Crippen LogP contribution is 1.91. The van der Waals surface area contributed by atoms with E-state index in [1.807, 2.05) is 19.2 Å². The number of hydrogen-bond acceptors (Lipinski definition) is 2. The summed E-state index contributed by atoms with van der Waals surface area (Å²) < 4.78 is 6.98. The van der Waals surface area contributed by atoms with Gasteiger partial charge in [0.05, 0.1) is 6.61 Å². The van der Waals surface area contributed by atoms with Crippen molar-refractivity contribution in [2.24, 2.45) is 0 Å². The molecule has 0 aliphatic rings. The second-order valence-corrected chi connectivity index (χ2v) is 3.35. The van der Waals surface area contributed by atoms with Gasteiger partial charge in [-0.15, -0.1) is 0 Å². The molecule has 0 N–H and O–H groups in total. The minimum Gasteiger partial charge on any atom is -0.380 e. The fourth-order valence-corrected chi connectivity index (χ4v) is 1.20. The molecule has 0 unspecified atom stereocenters. The Morgan fingerprint density at radius 2 is 2.21 bits per heavy atom. The van der Waals surface area contributed by atoms with E-state index in [0.29, 0.717) is 13.2 Å². The van der Waals surface area contributed by atoms with Crippen molar-refractivity contribution in [3.63, 3.8) is 0 Å². The molecule has 1 rings (SSSR count). The van der Waals surface area contributed by atoms with Gasteiger partial charge in [-0.25, -0.2) is 0 Å². The van der Waals surface area contributed by atoms with Crippen LogP contribution in [0.25, 0.3) is 0 Å².